The lowest BCUT2D eigenvalue weighted by Gasteiger charge is -2.10. The summed E-state index contributed by atoms with van der Waals surface area (Å²) in [4.78, 5) is 33.4. The van der Waals surface area contributed by atoms with Crippen molar-refractivity contribution < 1.29 is 27.5 Å². The van der Waals surface area contributed by atoms with E-state index in [0.717, 1.165) is 0 Å². The predicted molar refractivity (Wildman–Crippen MR) is 85.6 cm³/mol. The Morgan fingerprint density at radius 1 is 1.21 bits per heavy atom. The topological polar surface area (TPSA) is 133 Å². The number of sulfonamides is 1. The second-order valence-electron chi connectivity index (χ2n) is 5.12. The average molecular weight is 356 g/mol. The lowest BCUT2D eigenvalue weighted by atomic mass is 10.2. The number of nitrogens with two attached hydrogens (primary N) is 1. The lowest BCUT2D eigenvalue weighted by molar-refractivity contribution is -0.153. The Morgan fingerprint density at radius 2 is 1.79 bits per heavy atom. The minimum absolute atomic E-state index is 0.0246. The van der Waals surface area contributed by atoms with E-state index in [9.17, 15) is 22.8 Å². The molecule has 0 heterocycles. The van der Waals surface area contributed by atoms with E-state index >= 15 is 0 Å². The van der Waals surface area contributed by atoms with Crippen LogP contribution in [0.1, 0.15) is 37.0 Å². The SMILES string of the molecule is CC(=O)c1ccc(S(=O)(=O)NCCCC(=O)O[C@H](C)C(N)=O)cc1. The molecule has 0 spiro atoms. The van der Waals surface area contributed by atoms with Gasteiger partial charge in [0.25, 0.3) is 5.91 Å². The first-order chi connectivity index (χ1) is 11.1. The molecule has 9 heteroatoms. The zero-order valence-electron chi connectivity index (χ0n) is 13.4. The van der Waals surface area contributed by atoms with E-state index in [2.05, 4.69) is 4.72 Å². The van der Waals surface area contributed by atoms with Crippen LogP contribution >= 0.6 is 0 Å². The molecule has 1 atom stereocenters. The average Bonchev–Trinajstić information content (AvgIpc) is 2.51. The fraction of sp³-hybridized carbons (Fsp3) is 0.400. The molecule has 0 radical (unpaired) electrons. The van der Waals surface area contributed by atoms with Gasteiger partial charge in [0.15, 0.2) is 11.9 Å². The Labute approximate surface area is 140 Å². The molecule has 24 heavy (non-hydrogen) atoms. The fourth-order valence-electron chi connectivity index (χ4n) is 1.71. The molecule has 0 aromatic heterocycles. The number of ketones is 1. The van der Waals surface area contributed by atoms with Crippen molar-refractivity contribution in [3.8, 4) is 0 Å². The van der Waals surface area contributed by atoms with Gasteiger partial charge >= 0.3 is 5.97 Å². The molecule has 0 unspecified atom stereocenters. The van der Waals surface area contributed by atoms with E-state index in [-0.39, 0.29) is 30.1 Å². The van der Waals surface area contributed by atoms with Gasteiger partial charge in [-0.2, -0.15) is 0 Å². The largest absolute Gasteiger partial charge is 0.453 e. The van der Waals surface area contributed by atoms with E-state index in [0.29, 0.717) is 5.56 Å². The molecule has 1 aromatic rings. The standard InChI is InChI=1S/C15H20N2O6S/c1-10(18)12-5-7-13(8-6-12)24(21,22)17-9-3-4-14(19)23-11(2)15(16)20/h5-8,11,17H,3-4,9H2,1-2H3,(H2,16,20)/t11-/m1/s1. The smallest absolute Gasteiger partial charge is 0.306 e. The highest BCUT2D eigenvalue weighted by Gasteiger charge is 2.16. The zero-order chi connectivity index (χ0) is 18.3. The molecule has 1 aromatic carbocycles. The molecule has 0 bridgehead atoms. The normalized spacial score (nSPS) is 12.4. The summed E-state index contributed by atoms with van der Waals surface area (Å²) in [6.07, 6.45) is -0.868. The number of amides is 1. The molecular formula is C15H20N2O6S. The van der Waals surface area contributed by atoms with Gasteiger partial charge in [-0.3, -0.25) is 14.4 Å². The molecule has 1 rings (SSSR count). The maximum Gasteiger partial charge on any atom is 0.306 e. The van der Waals surface area contributed by atoms with Crippen LogP contribution in [0.25, 0.3) is 0 Å². The second-order valence-corrected chi connectivity index (χ2v) is 6.88. The van der Waals surface area contributed by atoms with Gasteiger partial charge in [0.1, 0.15) is 0 Å². The number of ether oxygens (including phenoxy) is 1. The minimum atomic E-state index is -3.72. The summed E-state index contributed by atoms with van der Waals surface area (Å²) < 4.78 is 31.2. The number of rotatable bonds is 9. The molecule has 0 aliphatic carbocycles. The Balaban J connectivity index is 2.47. The number of benzene rings is 1. The Hall–Kier alpha value is -2.26. The van der Waals surface area contributed by atoms with Gasteiger partial charge < -0.3 is 10.5 Å². The monoisotopic (exact) mass is 356 g/mol. The Kier molecular flexibility index (Phi) is 7.05. The Bertz CT molecular complexity index is 712. The first-order valence-corrected chi connectivity index (χ1v) is 8.71. The van der Waals surface area contributed by atoms with Gasteiger partial charge in [0.2, 0.25) is 10.0 Å². The number of esters is 1. The van der Waals surface area contributed by atoms with E-state index in [1.165, 1.54) is 38.1 Å². The number of Topliss-reactive ketones (excluding diaryl/α,β-unsaturated/α-hetero) is 1. The van der Waals surface area contributed by atoms with Gasteiger partial charge in [0, 0.05) is 18.5 Å². The number of primary amides is 1. The van der Waals surface area contributed by atoms with Crippen LogP contribution in [0.4, 0.5) is 0 Å². The predicted octanol–water partition coefficient (Wildman–Crippen LogP) is 0.365. The van der Waals surface area contributed by atoms with Crippen molar-refractivity contribution in [2.75, 3.05) is 6.54 Å². The van der Waals surface area contributed by atoms with Gasteiger partial charge in [-0.15, -0.1) is 0 Å². The first kappa shape index (κ1) is 19.8. The molecule has 132 valence electrons. The number of carbonyl (C=O) groups is 3. The number of carbonyl (C=O) groups excluding carboxylic acids is 3. The van der Waals surface area contributed by atoms with Crippen LogP contribution in [0.2, 0.25) is 0 Å². The van der Waals surface area contributed by atoms with Crippen LogP contribution in [0.5, 0.6) is 0 Å². The lowest BCUT2D eigenvalue weighted by Crippen LogP contribution is -2.31. The summed E-state index contributed by atoms with van der Waals surface area (Å²) in [5, 5.41) is 0. The van der Waals surface area contributed by atoms with Gasteiger partial charge in [-0.25, -0.2) is 13.1 Å². The van der Waals surface area contributed by atoms with Crippen molar-refractivity contribution in [3.63, 3.8) is 0 Å². The number of hydrogen-bond donors (Lipinski definition) is 2. The molecule has 0 aliphatic rings. The van der Waals surface area contributed by atoms with Gasteiger partial charge in [0.05, 0.1) is 4.90 Å². The van der Waals surface area contributed by atoms with E-state index in [1.807, 2.05) is 0 Å². The third-order valence-electron chi connectivity index (χ3n) is 3.13. The Morgan fingerprint density at radius 3 is 2.29 bits per heavy atom. The fourth-order valence-corrected chi connectivity index (χ4v) is 2.78. The highest BCUT2D eigenvalue weighted by Crippen LogP contribution is 2.11. The van der Waals surface area contributed by atoms with E-state index in [4.69, 9.17) is 10.5 Å². The van der Waals surface area contributed by atoms with Crippen LogP contribution in [0, 0.1) is 0 Å². The summed E-state index contributed by atoms with van der Waals surface area (Å²) in [6, 6.07) is 5.53. The van der Waals surface area contributed by atoms with Crippen LogP contribution in [0.15, 0.2) is 29.2 Å². The zero-order valence-corrected chi connectivity index (χ0v) is 14.3. The molecule has 0 saturated carbocycles. The highest BCUT2D eigenvalue weighted by atomic mass is 32.2. The van der Waals surface area contributed by atoms with E-state index in [1.54, 1.807) is 0 Å². The molecule has 8 nitrogen and oxygen atoms in total. The second kappa shape index (κ2) is 8.55. The van der Waals surface area contributed by atoms with Crippen molar-refractivity contribution in [1.82, 2.24) is 4.72 Å². The van der Waals surface area contributed by atoms with Crippen LogP contribution in [-0.2, 0) is 24.3 Å². The molecule has 3 N–H and O–H groups in total. The molecule has 0 fully saturated rings. The summed E-state index contributed by atoms with van der Waals surface area (Å²) in [6.45, 7) is 2.77. The molecule has 0 aliphatic heterocycles. The van der Waals surface area contributed by atoms with Crippen molar-refractivity contribution in [1.29, 1.82) is 0 Å². The van der Waals surface area contributed by atoms with E-state index < -0.39 is 28.0 Å². The third kappa shape index (κ3) is 6.09. The first-order valence-electron chi connectivity index (χ1n) is 7.23. The van der Waals surface area contributed by atoms with Gasteiger partial charge in [-0.1, -0.05) is 12.1 Å². The van der Waals surface area contributed by atoms with Crippen LogP contribution in [0.3, 0.4) is 0 Å². The van der Waals surface area contributed by atoms with Crippen molar-refractivity contribution in [3.05, 3.63) is 29.8 Å². The summed E-state index contributed by atoms with van der Waals surface area (Å²) in [7, 11) is -3.72. The number of hydrogen-bond acceptors (Lipinski definition) is 6. The summed E-state index contributed by atoms with van der Waals surface area (Å²) in [5.41, 5.74) is 5.38. The maximum absolute atomic E-state index is 12.1. The summed E-state index contributed by atoms with van der Waals surface area (Å²) >= 11 is 0. The minimum Gasteiger partial charge on any atom is -0.453 e. The molecule has 1 amide bonds. The van der Waals surface area contributed by atoms with Crippen LogP contribution in [-0.4, -0.2) is 38.7 Å². The number of nitrogens with one attached hydrogen (secondary N) is 1. The molecule has 0 saturated heterocycles. The third-order valence-corrected chi connectivity index (χ3v) is 4.61. The highest BCUT2D eigenvalue weighted by molar-refractivity contribution is 7.89. The van der Waals surface area contributed by atoms with Crippen molar-refractivity contribution >= 4 is 27.7 Å². The summed E-state index contributed by atoms with van der Waals surface area (Å²) in [5.74, 6) is -1.54. The molecular weight excluding hydrogens is 336 g/mol. The quantitative estimate of drug-likeness (QED) is 0.373. The van der Waals surface area contributed by atoms with Crippen molar-refractivity contribution in [2.24, 2.45) is 5.73 Å². The maximum atomic E-state index is 12.1. The van der Waals surface area contributed by atoms with Crippen LogP contribution < -0.4 is 10.5 Å². The van der Waals surface area contributed by atoms with Crippen molar-refractivity contribution in [2.45, 2.75) is 37.7 Å². The van der Waals surface area contributed by atoms with Gasteiger partial charge in [-0.05, 0) is 32.4 Å².